The molecule has 0 spiro atoms. The van der Waals surface area contributed by atoms with Crippen molar-refractivity contribution in [2.45, 2.75) is 19.8 Å². The Morgan fingerprint density at radius 3 is 3.00 bits per heavy atom. The van der Waals surface area contributed by atoms with Crippen LogP contribution in [0.1, 0.15) is 29.4 Å². The summed E-state index contributed by atoms with van der Waals surface area (Å²) in [6.07, 6.45) is 2.95. The second-order valence-corrected chi connectivity index (χ2v) is 3.69. The smallest absolute Gasteiger partial charge is 0.176 e. The van der Waals surface area contributed by atoms with Gasteiger partial charge in [0.05, 0.1) is 17.7 Å². The molecule has 0 radical (unpaired) electrons. The predicted molar refractivity (Wildman–Crippen MR) is 50.0 cm³/mol. The minimum atomic E-state index is -0.438. The van der Waals surface area contributed by atoms with Crippen LogP contribution in [0.2, 0.25) is 0 Å². The molecular weight excluding hydrogens is 180 g/mol. The number of Topliss-reactive ketones (excluding diaryl/α,β-unsaturated/α-hetero) is 2. The molecule has 74 valence electrons. The molecule has 0 bridgehead atoms. The van der Waals surface area contributed by atoms with Crippen LogP contribution >= 0.6 is 0 Å². The van der Waals surface area contributed by atoms with Gasteiger partial charge in [-0.1, -0.05) is 0 Å². The molecule has 4 nitrogen and oxygen atoms in total. The lowest BCUT2D eigenvalue weighted by molar-refractivity contribution is -0.119. The maximum absolute atomic E-state index is 11.8. The number of nitrogens with zero attached hydrogens (tertiary/aromatic N) is 2. The van der Waals surface area contributed by atoms with Crippen LogP contribution in [0.15, 0.2) is 6.20 Å². The highest BCUT2D eigenvalue weighted by molar-refractivity contribution is 6.11. The lowest BCUT2D eigenvalue weighted by Crippen LogP contribution is -2.28. The Balaban J connectivity index is 2.42. The van der Waals surface area contributed by atoms with E-state index in [9.17, 15) is 9.59 Å². The highest BCUT2D eigenvalue weighted by Gasteiger charge is 2.32. The number of ketones is 2. The Morgan fingerprint density at radius 2 is 2.36 bits per heavy atom. The number of rotatable bonds is 1. The molecular formula is C10H12N2O2. The molecule has 1 aromatic heterocycles. The third-order valence-electron chi connectivity index (χ3n) is 2.80. The molecule has 0 amide bonds. The molecule has 1 aromatic rings. The van der Waals surface area contributed by atoms with Crippen molar-refractivity contribution < 1.29 is 9.59 Å². The maximum atomic E-state index is 11.8. The third kappa shape index (κ3) is 1.18. The van der Waals surface area contributed by atoms with E-state index in [1.54, 1.807) is 10.9 Å². The van der Waals surface area contributed by atoms with Gasteiger partial charge in [0.25, 0.3) is 0 Å². The number of hydrogen-bond donors (Lipinski definition) is 0. The lowest BCUT2D eigenvalue weighted by Gasteiger charge is -2.18. The van der Waals surface area contributed by atoms with Crippen molar-refractivity contribution in [2.24, 2.45) is 13.0 Å². The van der Waals surface area contributed by atoms with E-state index in [0.29, 0.717) is 12.0 Å². The van der Waals surface area contributed by atoms with E-state index in [1.807, 2.05) is 7.05 Å². The molecule has 0 saturated carbocycles. The fourth-order valence-electron chi connectivity index (χ4n) is 1.95. The van der Waals surface area contributed by atoms with E-state index in [4.69, 9.17) is 0 Å². The molecule has 0 N–H and O–H groups in total. The summed E-state index contributed by atoms with van der Waals surface area (Å²) in [7, 11) is 1.82. The molecule has 1 aliphatic rings. The van der Waals surface area contributed by atoms with Gasteiger partial charge < -0.3 is 0 Å². The summed E-state index contributed by atoms with van der Waals surface area (Å²) >= 11 is 0. The summed E-state index contributed by atoms with van der Waals surface area (Å²) in [5.74, 6) is -0.539. The summed E-state index contributed by atoms with van der Waals surface area (Å²) in [5, 5.41) is 4.03. The highest BCUT2D eigenvalue weighted by atomic mass is 16.1. The monoisotopic (exact) mass is 192 g/mol. The van der Waals surface area contributed by atoms with Crippen molar-refractivity contribution in [1.29, 1.82) is 0 Å². The quantitative estimate of drug-likeness (QED) is 0.617. The number of fused-ring (bicyclic) bond motifs is 1. The van der Waals surface area contributed by atoms with Crippen molar-refractivity contribution in [1.82, 2.24) is 9.78 Å². The van der Waals surface area contributed by atoms with Crippen LogP contribution in [-0.4, -0.2) is 21.3 Å². The first-order chi connectivity index (χ1) is 6.61. The Labute approximate surface area is 81.9 Å². The van der Waals surface area contributed by atoms with E-state index in [1.165, 1.54) is 6.92 Å². The van der Waals surface area contributed by atoms with Crippen LogP contribution in [0.5, 0.6) is 0 Å². The molecule has 1 aliphatic carbocycles. The predicted octanol–water partition coefficient (Wildman–Crippen LogP) is 0.754. The first-order valence-electron chi connectivity index (χ1n) is 4.67. The van der Waals surface area contributed by atoms with Gasteiger partial charge in [-0.25, -0.2) is 0 Å². The minimum absolute atomic E-state index is 0.0375. The molecule has 2 rings (SSSR count). The van der Waals surface area contributed by atoms with Crippen molar-refractivity contribution >= 4 is 11.6 Å². The normalized spacial score (nSPS) is 20.7. The van der Waals surface area contributed by atoms with Crippen LogP contribution in [0, 0.1) is 5.92 Å². The number of carbonyl (C=O) groups excluding carboxylic acids is 2. The Hall–Kier alpha value is -1.45. The zero-order valence-corrected chi connectivity index (χ0v) is 8.28. The highest BCUT2D eigenvalue weighted by Crippen LogP contribution is 2.25. The van der Waals surface area contributed by atoms with Gasteiger partial charge in [0.1, 0.15) is 5.78 Å². The molecule has 0 fully saturated rings. The summed E-state index contributed by atoms with van der Waals surface area (Å²) in [4.78, 5) is 23.0. The molecule has 0 aliphatic heterocycles. The van der Waals surface area contributed by atoms with E-state index >= 15 is 0 Å². The molecule has 1 heterocycles. The molecule has 0 aromatic carbocycles. The van der Waals surface area contributed by atoms with Gasteiger partial charge in [-0.05, 0) is 19.8 Å². The van der Waals surface area contributed by atoms with Crippen LogP contribution < -0.4 is 0 Å². The Morgan fingerprint density at radius 1 is 1.64 bits per heavy atom. The van der Waals surface area contributed by atoms with Gasteiger partial charge in [-0.15, -0.1) is 0 Å². The third-order valence-corrected chi connectivity index (χ3v) is 2.80. The average Bonchev–Trinajstić information content (AvgIpc) is 2.49. The van der Waals surface area contributed by atoms with E-state index in [2.05, 4.69) is 5.10 Å². The van der Waals surface area contributed by atoms with Crippen LogP contribution in [-0.2, 0) is 18.3 Å². The number of hydrogen-bond acceptors (Lipinski definition) is 3. The Kier molecular flexibility index (Phi) is 1.98. The summed E-state index contributed by atoms with van der Waals surface area (Å²) < 4.78 is 1.71. The maximum Gasteiger partial charge on any atom is 0.176 e. The molecule has 1 unspecified atom stereocenters. The van der Waals surface area contributed by atoms with E-state index in [0.717, 1.165) is 12.1 Å². The zero-order valence-electron chi connectivity index (χ0n) is 8.28. The standard InChI is InChI=1S/C10H12N2O2/c1-6(13)7-3-4-9-8(10(7)14)5-11-12(9)2/h5,7H,3-4H2,1-2H3. The van der Waals surface area contributed by atoms with Crippen molar-refractivity contribution in [2.75, 3.05) is 0 Å². The van der Waals surface area contributed by atoms with Gasteiger partial charge >= 0.3 is 0 Å². The first kappa shape index (κ1) is 9.12. The Bertz CT molecular complexity index is 406. The molecule has 4 heteroatoms. The molecule has 0 saturated heterocycles. The van der Waals surface area contributed by atoms with Crippen LogP contribution in [0.25, 0.3) is 0 Å². The number of aryl methyl sites for hydroxylation is 1. The van der Waals surface area contributed by atoms with E-state index < -0.39 is 5.92 Å². The number of carbonyl (C=O) groups is 2. The summed E-state index contributed by atoms with van der Waals surface area (Å²) in [6.45, 7) is 1.48. The van der Waals surface area contributed by atoms with E-state index in [-0.39, 0.29) is 11.6 Å². The first-order valence-corrected chi connectivity index (χ1v) is 4.67. The second-order valence-electron chi connectivity index (χ2n) is 3.69. The van der Waals surface area contributed by atoms with Gasteiger partial charge in [0, 0.05) is 12.7 Å². The topological polar surface area (TPSA) is 52.0 Å². The second kappa shape index (κ2) is 3.04. The summed E-state index contributed by atoms with van der Waals surface area (Å²) in [6, 6.07) is 0. The average molecular weight is 192 g/mol. The van der Waals surface area contributed by atoms with Crippen molar-refractivity contribution in [3.63, 3.8) is 0 Å². The van der Waals surface area contributed by atoms with Crippen LogP contribution in [0.3, 0.4) is 0 Å². The number of aromatic nitrogens is 2. The van der Waals surface area contributed by atoms with Gasteiger partial charge in [0.15, 0.2) is 5.78 Å². The van der Waals surface area contributed by atoms with Gasteiger partial charge in [0.2, 0.25) is 0 Å². The minimum Gasteiger partial charge on any atom is -0.299 e. The summed E-state index contributed by atoms with van der Waals surface area (Å²) in [5.41, 5.74) is 1.58. The van der Waals surface area contributed by atoms with Gasteiger partial charge in [-0.3, -0.25) is 14.3 Å². The van der Waals surface area contributed by atoms with Crippen molar-refractivity contribution in [3.8, 4) is 0 Å². The SMILES string of the molecule is CC(=O)C1CCc2c(cnn2C)C1=O. The zero-order chi connectivity index (χ0) is 10.3. The largest absolute Gasteiger partial charge is 0.299 e. The van der Waals surface area contributed by atoms with Crippen molar-refractivity contribution in [3.05, 3.63) is 17.5 Å². The molecule has 1 atom stereocenters. The van der Waals surface area contributed by atoms with Gasteiger partial charge in [-0.2, -0.15) is 5.10 Å². The fraction of sp³-hybridized carbons (Fsp3) is 0.500. The molecule has 14 heavy (non-hydrogen) atoms. The lowest BCUT2D eigenvalue weighted by atomic mass is 9.84. The fourth-order valence-corrected chi connectivity index (χ4v) is 1.95. The van der Waals surface area contributed by atoms with Crippen LogP contribution in [0.4, 0.5) is 0 Å².